The van der Waals surface area contributed by atoms with Gasteiger partial charge in [-0.1, -0.05) is 42.5 Å². The van der Waals surface area contributed by atoms with E-state index in [1.165, 1.54) is 0 Å². The van der Waals surface area contributed by atoms with Crippen LogP contribution < -0.4 is 10.1 Å². The van der Waals surface area contributed by atoms with E-state index in [0.717, 1.165) is 5.56 Å². The lowest BCUT2D eigenvalue weighted by molar-refractivity contribution is 0.0786. The van der Waals surface area contributed by atoms with Crippen LogP contribution in [0.1, 0.15) is 26.3 Å². The van der Waals surface area contributed by atoms with Gasteiger partial charge in [-0.15, -0.1) is 0 Å². The van der Waals surface area contributed by atoms with Crippen molar-refractivity contribution in [2.45, 2.75) is 6.54 Å². The predicted octanol–water partition coefficient (Wildman–Crippen LogP) is 4.22. The number of hydrogen-bond donors (Lipinski definition) is 1. The van der Waals surface area contributed by atoms with Crippen molar-refractivity contribution in [2.24, 2.45) is 0 Å². The van der Waals surface area contributed by atoms with Crippen LogP contribution in [0.25, 0.3) is 0 Å². The van der Waals surface area contributed by atoms with Crippen LogP contribution in [0.5, 0.6) is 5.75 Å². The van der Waals surface area contributed by atoms with Crippen molar-refractivity contribution in [3.05, 3.63) is 95.6 Å². The third-order valence-corrected chi connectivity index (χ3v) is 4.37. The Hall–Kier alpha value is -3.60. The molecule has 0 radical (unpaired) electrons. The summed E-state index contributed by atoms with van der Waals surface area (Å²) in [7, 11) is 3.32. The molecule has 0 aliphatic carbocycles. The van der Waals surface area contributed by atoms with Gasteiger partial charge in [0, 0.05) is 19.2 Å². The number of carbonyl (C=O) groups excluding carboxylic acids is 2. The average Bonchev–Trinajstić information content (AvgIpc) is 2.74. The quantitative estimate of drug-likeness (QED) is 0.703. The Balaban J connectivity index is 1.76. The SMILES string of the molecule is COc1ccc(C(=O)Nc2ccccc2C(=O)N(C)Cc2ccccc2)cc1. The van der Waals surface area contributed by atoms with E-state index in [1.54, 1.807) is 67.6 Å². The number of nitrogens with one attached hydrogen (secondary N) is 1. The summed E-state index contributed by atoms with van der Waals surface area (Å²) in [4.78, 5) is 27.1. The largest absolute Gasteiger partial charge is 0.497 e. The minimum absolute atomic E-state index is 0.158. The number of carbonyl (C=O) groups is 2. The molecule has 5 heteroatoms. The molecule has 0 bridgehead atoms. The monoisotopic (exact) mass is 374 g/mol. The summed E-state index contributed by atoms with van der Waals surface area (Å²) in [5.74, 6) is 0.234. The summed E-state index contributed by atoms with van der Waals surface area (Å²) < 4.78 is 5.11. The van der Waals surface area contributed by atoms with Gasteiger partial charge in [0.25, 0.3) is 11.8 Å². The number of rotatable bonds is 6. The van der Waals surface area contributed by atoms with Crippen molar-refractivity contribution in [2.75, 3.05) is 19.5 Å². The first-order valence-electron chi connectivity index (χ1n) is 8.92. The van der Waals surface area contributed by atoms with Crippen LogP contribution in [0.2, 0.25) is 0 Å². The Bertz CT molecular complexity index is 953. The standard InChI is InChI=1S/C23H22N2O3/c1-25(16-17-8-4-3-5-9-17)23(27)20-10-6-7-11-21(20)24-22(26)18-12-14-19(28-2)15-13-18/h3-15H,16H2,1-2H3,(H,24,26). The van der Waals surface area contributed by atoms with Crippen molar-refractivity contribution in [3.63, 3.8) is 0 Å². The average molecular weight is 374 g/mol. The van der Waals surface area contributed by atoms with Gasteiger partial charge in [-0.2, -0.15) is 0 Å². The first-order chi connectivity index (χ1) is 13.6. The molecule has 0 aliphatic heterocycles. The Morgan fingerprint density at radius 1 is 0.893 bits per heavy atom. The van der Waals surface area contributed by atoms with E-state index in [9.17, 15) is 9.59 Å². The van der Waals surface area contributed by atoms with E-state index in [0.29, 0.717) is 29.1 Å². The van der Waals surface area contributed by atoms with Crippen LogP contribution in [0, 0.1) is 0 Å². The summed E-state index contributed by atoms with van der Waals surface area (Å²) in [6.45, 7) is 0.487. The molecule has 3 aromatic rings. The Labute approximate surface area is 164 Å². The van der Waals surface area contributed by atoms with E-state index in [2.05, 4.69) is 5.32 Å². The first kappa shape index (κ1) is 19.2. The number of para-hydroxylation sites is 1. The molecule has 0 saturated carbocycles. The minimum atomic E-state index is -0.284. The Morgan fingerprint density at radius 2 is 1.54 bits per heavy atom. The second-order valence-electron chi connectivity index (χ2n) is 6.38. The summed E-state index contributed by atoms with van der Waals surface area (Å²) in [5.41, 5.74) is 2.45. The molecule has 3 aromatic carbocycles. The number of ether oxygens (including phenoxy) is 1. The predicted molar refractivity (Wildman–Crippen MR) is 110 cm³/mol. The van der Waals surface area contributed by atoms with Crippen LogP contribution >= 0.6 is 0 Å². The van der Waals surface area contributed by atoms with Gasteiger partial charge >= 0.3 is 0 Å². The highest BCUT2D eigenvalue weighted by molar-refractivity contribution is 6.09. The number of anilines is 1. The second kappa shape index (κ2) is 8.86. The third-order valence-electron chi connectivity index (χ3n) is 4.37. The zero-order valence-corrected chi connectivity index (χ0v) is 15.9. The zero-order chi connectivity index (χ0) is 19.9. The molecular weight excluding hydrogens is 352 g/mol. The molecule has 5 nitrogen and oxygen atoms in total. The summed E-state index contributed by atoms with van der Waals surface area (Å²) >= 11 is 0. The van der Waals surface area contributed by atoms with Crippen molar-refractivity contribution >= 4 is 17.5 Å². The van der Waals surface area contributed by atoms with Gasteiger partial charge in [0.2, 0.25) is 0 Å². The molecule has 0 unspecified atom stereocenters. The van der Waals surface area contributed by atoms with Crippen LogP contribution in [-0.4, -0.2) is 30.9 Å². The fourth-order valence-corrected chi connectivity index (χ4v) is 2.85. The van der Waals surface area contributed by atoms with Gasteiger partial charge < -0.3 is 15.0 Å². The van der Waals surface area contributed by atoms with E-state index in [-0.39, 0.29) is 11.8 Å². The molecule has 0 aromatic heterocycles. The van der Waals surface area contributed by atoms with Gasteiger partial charge in [0.15, 0.2) is 0 Å². The van der Waals surface area contributed by atoms with Crippen molar-refractivity contribution < 1.29 is 14.3 Å². The number of hydrogen-bond acceptors (Lipinski definition) is 3. The number of methoxy groups -OCH3 is 1. The van der Waals surface area contributed by atoms with Crippen LogP contribution in [0.4, 0.5) is 5.69 Å². The lowest BCUT2D eigenvalue weighted by atomic mass is 10.1. The Morgan fingerprint density at radius 3 is 2.21 bits per heavy atom. The van der Waals surface area contributed by atoms with E-state index in [1.807, 2.05) is 30.3 Å². The molecule has 3 rings (SSSR count). The van der Waals surface area contributed by atoms with Crippen LogP contribution in [0.15, 0.2) is 78.9 Å². The van der Waals surface area contributed by atoms with E-state index in [4.69, 9.17) is 4.74 Å². The van der Waals surface area contributed by atoms with E-state index >= 15 is 0 Å². The van der Waals surface area contributed by atoms with Gasteiger partial charge in [-0.3, -0.25) is 9.59 Å². The van der Waals surface area contributed by atoms with Crippen molar-refractivity contribution in [1.29, 1.82) is 0 Å². The highest BCUT2D eigenvalue weighted by Crippen LogP contribution is 2.20. The highest BCUT2D eigenvalue weighted by atomic mass is 16.5. The van der Waals surface area contributed by atoms with Gasteiger partial charge in [0.1, 0.15) is 5.75 Å². The lowest BCUT2D eigenvalue weighted by Gasteiger charge is -2.19. The summed E-state index contributed by atoms with van der Waals surface area (Å²) in [5, 5.41) is 2.84. The van der Waals surface area contributed by atoms with Crippen molar-refractivity contribution in [1.82, 2.24) is 4.90 Å². The van der Waals surface area contributed by atoms with Gasteiger partial charge in [-0.25, -0.2) is 0 Å². The Kier molecular flexibility index (Phi) is 6.07. The number of nitrogens with zero attached hydrogens (tertiary/aromatic N) is 1. The maximum atomic E-state index is 12.9. The normalized spacial score (nSPS) is 10.2. The highest BCUT2D eigenvalue weighted by Gasteiger charge is 2.17. The maximum Gasteiger partial charge on any atom is 0.256 e. The molecule has 0 spiro atoms. The topological polar surface area (TPSA) is 58.6 Å². The molecule has 28 heavy (non-hydrogen) atoms. The van der Waals surface area contributed by atoms with Crippen LogP contribution in [-0.2, 0) is 6.54 Å². The van der Waals surface area contributed by atoms with Gasteiger partial charge in [0.05, 0.1) is 18.4 Å². The summed E-state index contributed by atoms with van der Waals surface area (Å²) in [6, 6.07) is 23.6. The lowest BCUT2D eigenvalue weighted by Crippen LogP contribution is -2.27. The molecular formula is C23H22N2O3. The number of benzene rings is 3. The molecule has 0 fully saturated rings. The maximum absolute atomic E-state index is 12.9. The molecule has 142 valence electrons. The fourth-order valence-electron chi connectivity index (χ4n) is 2.85. The molecule has 0 saturated heterocycles. The molecule has 2 amide bonds. The molecule has 1 N–H and O–H groups in total. The second-order valence-corrected chi connectivity index (χ2v) is 6.38. The third kappa shape index (κ3) is 4.57. The molecule has 0 aliphatic rings. The number of amides is 2. The molecule has 0 heterocycles. The summed E-state index contributed by atoms with van der Waals surface area (Å²) in [6.07, 6.45) is 0. The zero-order valence-electron chi connectivity index (χ0n) is 15.9. The van der Waals surface area contributed by atoms with Crippen molar-refractivity contribution in [3.8, 4) is 5.75 Å². The minimum Gasteiger partial charge on any atom is -0.497 e. The molecule has 0 atom stereocenters. The fraction of sp³-hybridized carbons (Fsp3) is 0.130. The van der Waals surface area contributed by atoms with Crippen LogP contribution in [0.3, 0.4) is 0 Å². The smallest absolute Gasteiger partial charge is 0.256 e. The van der Waals surface area contributed by atoms with Gasteiger partial charge in [-0.05, 0) is 42.0 Å². The van der Waals surface area contributed by atoms with E-state index < -0.39 is 0 Å². The first-order valence-corrected chi connectivity index (χ1v) is 8.92.